The summed E-state index contributed by atoms with van der Waals surface area (Å²) in [6.07, 6.45) is -1.48. The van der Waals surface area contributed by atoms with E-state index in [0.717, 1.165) is 18.2 Å². The van der Waals surface area contributed by atoms with Crippen molar-refractivity contribution in [2.24, 2.45) is 0 Å². The number of nitrogens with one attached hydrogen (secondary N) is 1. The lowest BCUT2D eigenvalue weighted by molar-refractivity contribution is -0.384. The molecule has 0 saturated heterocycles. The minimum absolute atomic E-state index is 0.0678. The van der Waals surface area contributed by atoms with Crippen molar-refractivity contribution >= 4 is 46.5 Å². The van der Waals surface area contributed by atoms with Gasteiger partial charge in [0.1, 0.15) is 11.4 Å². The average molecular weight is 463 g/mol. The van der Waals surface area contributed by atoms with E-state index in [2.05, 4.69) is 5.32 Å². The summed E-state index contributed by atoms with van der Waals surface area (Å²) < 4.78 is 19.4. The number of halogens is 3. The molecule has 0 fully saturated rings. The second-order valence-electron chi connectivity index (χ2n) is 6.20. The van der Waals surface area contributed by atoms with Gasteiger partial charge in [-0.1, -0.05) is 59.6 Å². The van der Waals surface area contributed by atoms with Gasteiger partial charge >= 0.3 is 5.97 Å². The van der Waals surface area contributed by atoms with E-state index in [1.54, 1.807) is 18.2 Å². The molecule has 10 heteroatoms. The summed E-state index contributed by atoms with van der Waals surface area (Å²) in [4.78, 5) is 35.7. The molecule has 0 saturated carbocycles. The van der Waals surface area contributed by atoms with Crippen LogP contribution in [0.1, 0.15) is 22.0 Å². The highest BCUT2D eigenvalue weighted by molar-refractivity contribution is 6.34. The van der Waals surface area contributed by atoms with Crippen LogP contribution in [0.15, 0.2) is 66.7 Å². The predicted molar refractivity (Wildman–Crippen MR) is 113 cm³/mol. The smallest absolute Gasteiger partial charge is 0.343 e. The first-order valence-corrected chi connectivity index (χ1v) is 9.48. The molecule has 0 heterocycles. The second kappa shape index (κ2) is 9.55. The van der Waals surface area contributed by atoms with Gasteiger partial charge in [0.15, 0.2) is 0 Å². The fourth-order valence-electron chi connectivity index (χ4n) is 2.68. The molecule has 158 valence electrons. The Morgan fingerprint density at radius 2 is 1.71 bits per heavy atom. The summed E-state index contributed by atoms with van der Waals surface area (Å²) in [5, 5.41) is 13.1. The highest BCUT2D eigenvalue weighted by atomic mass is 35.5. The maximum absolute atomic E-state index is 14.1. The lowest BCUT2D eigenvalue weighted by atomic mass is 10.1. The molecular weight excluding hydrogens is 450 g/mol. The van der Waals surface area contributed by atoms with E-state index in [4.69, 9.17) is 27.9 Å². The number of ether oxygens (including phenoxy) is 1. The van der Waals surface area contributed by atoms with Crippen molar-refractivity contribution in [3.63, 3.8) is 0 Å². The first-order chi connectivity index (χ1) is 14.8. The molecule has 3 aromatic rings. The van der Waals surface area contributed by atoms with Crippen LogP contribution < -0.4 is 5.32 Å². The van der Waals surface area contributed by atoms with E-state index in [1.165, 1.54) is 30.3 Å². The number of nitro groups is 1. The number of benzene rings is 3. The van der Waals surface area contributed by atoms with Gasteiger partial charge in [-0.2, -0.15) is 0 Å². The van der Waals surface area contributed by atoms with Crippen molar-refractivity contribution in [2.45, 2.75) is 6.10 Å². The average Bonchev–Trinajstić information content (AvgIpc) is 2.73. The number of rotatable bonds is 6. The largest absolute Gasteiger partial charge is 0.444 e. The molecule has 0 aliphatic rings. The number of anilines is 1. The van der Waals surface area contributed by atoms with E-state index in [0.29, 0.717) is 5.56 Å². The third kappa shape index (κ3) is 5.17. The van der Waals surface area contributed by atoms with Crippen molar-refractivity contribution in [2.75, 3.05) is 5.32 Å². The Bertz CT molecular complexity index is 1140. The first kappa shape index (κ1) is 22.2. The minimum atomic E-state index is -1.48. The number of hydrogen-bond donors (Lipinski definition) is 1. The topological polar surface area (TPSA) is 98.5 Å². The highest BCUT2D eigenvalue weighted by Crippen LogP contribution is 2.29. The minimum Gasteiger partial charge on any atom is -0.444 e. The normalized spacial score (nSPS) is 11.5. The molecule has 31 heavy (non-hydrogen) atoms. The number of carbonyl (C=O) groups is 2. The Hall–Kier alpha value is -3.49. The Kier molecular flexibility index (Phi) is 6.84. The fourth-order valence-corrected chi connectivity index (χ4v) is 3.14. The van der Waals surface area contributed by atoms with E-state index >= 15 is 0 Å². The van der Waals surface area contributed by atoms with Crippen molar-refractivity contribution < 1.29 is 23.6 Å². The van der Waals surface area contributed by atoms with Gasteiger partial charge in [-0.3, -0.25) is 14.9 Å². The molecule has 0 aliphatic heterocycles. The first-order valence-electron chi connectivity index (χ1n) is 8.72. The summed E-state index contributed by atoms with van der Waals surface area (Å²) in [6, 6.07) is 15.2. The monoisotopic (exact) mass is 462 g/mol. The van der Waals surface area contributed by atoms with E-state index in [1.807, 2.05) is 0 Å². The SMILES string of the molecule is O=C(OC(C(=O)Nc1ccc([N+](=O)[O-])cc1Cl)c1ccccc1)c1c(F)cccc1Cl. The third-order valence-electron chi connectivity index (χ3n) is 4.15. The molecular formula is C21H13Cl2FN2O5. The number of hydrogen-bond acceptors (Lipinski definition) is 5. The molecule has 3 aromatic carbocycles. The molecule has 1 atom stereocenters. The Balaban J connectivity index is 1.90. The van der Waals surface area contributed by atoms with Crippen LogP contribution in [0.2, 0.25) is 10.0 Å². The van der Waals surface area contributed by atoms with Crippen molar-refractivity contribution in [3.8, 4) is 0 Å². The van der Waals surface area contributed by atoms with E-state index < -0.39 is 34.3 Å². The molecule has 0 bridgehead atoms. The van der Waals surface area contributed by atoms with Gasteiger partial charge in [-0.05, 0) is 18.2 Å². The van der Waals surface area contributed by atoms with Crippen LogP contribution in [-0.4, -0.2) is 16.8 Å². The Labute approximate surface area is 185 Å². The van der Waals surface area contributed by atoms with Crippen LogP contribution in [0.25, 0.3) is 0 Å². The zero-order valence-electron chi connectivity index (χ0n) is 15.6. The highest BCUT2D eigenvalue weighted by Gasteiger charge is 2.28. The summed E-state index contributed by atoms with van der Waals surface area (Å²) in [5.74, 6) is -2.84. The summed E-state index contributed by atoms with van der Waals surface area (Å²) in [7, 11) is 0. The van der Waals surface area contributed by atoms with Gasteiger partial charge < -0.3 is 10.1 Å². The molecule has 0 radical (unpaired) electrons. The number of nitrogens with zero attached hydrogens (tertiary/aromatic N) is 1. The number of non-ortho nitro benzene ring substituents is 1. The second-order valence-corrected chi connectivity index (χ2v) is 7.02. The number of amides is 1. The quantitative estimate of drug-likeness (QED) is 0.293. The van der Waals surface area contributed by atoms with Crippen molar-refractivity contribution in [1.29, 1.82) is 0 Å². The lowest BCUT2D eigenvalue weighted by Crippen LogP contribution is -2.26. The predicted octanol–water partition coefficient (Wildman–Crippen LogP) is 5.58. The molecule has 1 amide bonds. The van der Waals surface area contributed by atoms with Gasteiger partial charge in [-0.15, -0.1) is 0 Å². The van der Waals surface area contributed by atoms with Gasteiger partial charge in [-0.25, -0.2) is 9.18 Å². The van der Waals surface area contributed by atoms with Crippen LogP contribution in [0.3, 0.4) is 0 Å². The Morgan fingerprint density at radius 1 is 1.00 bits per heavy atom. The zero-order chi connectivity index (χ0) is 22.5. The molecule has 0 spiro atoms. The maximum Gasteiger partial charge on any atom is 0.343 e. The van der Waals surface area contributed by atoms with Gasteiger partial charge in [0.25, 0.3) is 11.6 Å². The number of esters is 1. The van der Waals surface area contributed by atoms with Gasteiger partial charge in [0, 0.05) is 17.7 Å². The van der Waals surface area contributed by atoms with Gasteiger partial charge in [0.2, 0.25) is 6.10 Å². The van der Waals surface area contributed by atoms with Crippen molar-refractivity contribution in [3.05, 3.63) is 104 Å². The summed E-state index contributed by atoms with van der Waals surface area (Å²) in [5.41, 5.74) is -0.397. The summed E-state index contributed by atoms with van der Waals surface area (Å²) in [6.45, 7) is 0. The van der Waals surface area contributed by atoms with Crippen LogP contribution in [-0.2, 0) is 9.53 Å². The molecule has 0 aromatic heterocycles. The van der Waals surface area contributed by atoms with Crippen LogP contribution in [0, 0.1) is 15.9 Å². The van der Waals surface area contributed by atoms with Crippen molar-refractivity contribution in [1.82, 2.24) is 0 Å². The van der Waals surface area contributed by atoms with E-state index in [9.17, 15) is 24.1 Å². The van der Waals surface area contributed by atoms with Crippen LogP contribution >= 0.6 is 23.2 Å². The Morgan fingerprint density at radius 3 is 2.32 bits per heavy atom. The maximum atomic E-state index is 14.1. The lowest BCUT2D eigenvalue weighted by Gasteiger charge is -2.19. The van der Waals surface area contributed by atoms with E-state index in [-0.39, 0.29) is 21.4 Å². The molecule has 1 N–H and O–H groups in total. The number of nitro benzene ring substituents is 1. The number of carbonyl (C=O) groups excluding carboxylic acids is 2. The molecule has 0 aliphatic carbocycles. The molecule has 7 nitrogen and oxygen atoms in total. The molecule has 1 unspecified atom stereocenters. The molecule has 3 rings (SSSR count). The fraction of sp³-hybridized carbons (Fsp3) is 0.0476. The third-order valence-corrected chi connectivity index (χ3v) is 4.78. The standard InChI is InChI=1S/C21H13Cl2FN2O5/c22-14-7-4-8-16(24)18(14)21(28)31-19(12-5-2-1-3-6-12)20(27)25-17-10-9-13(26(29)30)11-15(17)23/h1-11,19H,(H,25,27). The van der Waals surface area contributed by atoms with Crippen LogP contribution in [0.5, 0.6) is 0 Å². The van der Waals surface area contributed by atoms with Gasteiger partial charge in [0.05, 0.1) is 20.7 Å². The summed E-state index contributed by atoms with van der Waals surface area (Å²) >= 11 is 11.9. The zero-order valence-corrected chi connectivity index (χ0v) is 17.1. The van der Waals surface area contributed by atoms with Crippen LogP contribution in [0.4, 0.5) is 15.8 Å².